The minimum atomic E-state index is -0.360. The number of nitrogens with one attached hydrogen (secondary N) is 1. The van der Waals surface area contributed by atoms with Crippen LogP contribution in [0.5, 0.6) is 0 Å². The third-order valence-corrected chi connectivity index (χ3v) is 4.93. The molecule has 1 N–H and O–H groups in total. The van der Waals surface area contributed by atoms with E-state index in [1.807, 2.05) is 18.2 Å². The number of aromatic nitrogens is 5. The van der Waals surface area contributed by atoms with Crippen molar-refractivity contribution in [2.45, 2.75) is 51.6 Å². The normalized spacial score (nSPS) is 15.1. The number of fused-ring (bicyclic) bond motifs is 1. The first-order valence-electron chi connectivity index (χ1n) is 9.30. The van der Waals surface area contributed by atoms with E-state index < -0.39 is 0 Å². The Labute approximate surface area is 156 Å². The predicted molar refractivity (Wildman–Crippen MR) is 100 cm³/mol. The van der Waals surface area contributed by atoms with Crippen molar-refractivity contribution < 1.29 is 4.79 Å². The molecule has 4 rings (SSSR count). The standard InChI is InChI=1S/C19H22N6O2/c1-13-21-16(15-9-5-6-10-20-15)11-17-23-24(19(27)25(13)17)12-18(26)22-14-7-3-2-4-8-14/h5-6,9-11,14H,2-4,7-8,12H2,1H3,(H,22,26). The van der Waals surface area contributed by atoms with Gasteiger partial charge in [-0.2, -0.15) is 0 Å². The molecule has 0 radical (unpaired) electrons. The van der Waals surface area contributed by atoms with Gasteiger partial charge >= 0.3 is 5.69 Å². The summed E-state index contributed by atoms with van der Waals surface area (Å²) in [5, 5.41) is 7.35. The Morgan fingerprint density at radius 2 is 2.04 bits per heavy atom. The van der Waals surface area contributed by atoms with Crippen LogP contribution in [-0.2, 0) is 11.3 Å². The zero-order chi connectivity index (χ0) is 18.8. The lowest BCUT2D eigenvalue weighted by atomic mass is 9.95. The highest BCUT2D eigenvalue weighted by molar-refractivity contribution is 5.76. The van der Waals surface area contributed by atoms with E-state index in [1.54, 1.807) is 19.2 Å². The third-order valence-electron chi connectivity index (χ3n) is 4.93. The summed E-state index contributed by atoms with van der Waals surface area (Å²) in [6, 6.07) is 7.48. The fraction of sp³-hybridized carbons (Fsp3) is 0.421. The molecule has 0 atom stereocenters. The molecule has 0 spiro atoms. The van der Waals surface area contributed by atoms with Crippen LogP contribution in [0.3, 0.4) is 0 Å². The minimum absolute atomic E-state index is 0.0879. The Balaban J connectivity index is 1.60. The van der Waals surface area contributed by atoms with Crippen molar-refractivity contribution in [3.05, 3.63) is 46.8 Å². The van der Waals surface area contributed by atoms with E-state index >= 15 is 0 Å². The highest BCUT2D eigenvalue weighted by Gasteiger charge is 2.18. The second-order valence-corrected chi connectivity index (χ2v) is 6.94. The van der Waals surface area contributed by atoms with Crippen molar-refractivity contribution >= 4 is 11.6 Å². The van der Waals surface area contributed by atoms with Crippen LogP contribution < -0.4 is 11.0 Å². The molecule has 27 heavy (non-hydrogen) atoms. The van der Waals surface area contributed by atoms with Crippen LogP contribution in [0.15, 0.2) is 35.3 Å². The van der Waals surface area contributed by atoms with Crippen molar-refractivity contribution in [1.82, 2.24) is 29.5 Å². The zero-order valence-electron chi connectivity index (χ0n) is 15.3. The summed E-state index contributed by atoms with van der Waals surface area (Å²) in [6.07, 6.45) is 7.20. The molecule has 8 nitrogen and oxygen atoms in total. The number of pyridine rings is 1. The number of rotatable bonds is 4. The summed E-state index contributed by atoms with van der Waals surface area (Å²) in [4.78, 5) is 33.7. The van der Waals surface area contributed by atoms with Gasteiger partial charge in [0.15, 0.2) is 5.65 Å². The molecule has 1 amide bonds. The predicted octanol–water partition coefficient (Wildman–Crippen LogP) is 1.71. The number of hydrogen-bond donors (Lipinski definition) is 1. The Morgan fingerprint density at radius 1 is 1.22 bits per heavy atom. The highest BCUT2D eigenvalue weighted by atomic mass is 16.2. The average molecular weight is 366 g/mol. The monoisotopic (exact) mass is 366 g/mol. The molecule has 8 heteroatoms. The molecular weight excluding hydrogens is 344 g/mol. The zero-order valence-corrected chi connectivity index (χ0v) is 15.3. The summed E-state index contributed by atoms with van der Waals surface area (Å²) >= 11 is 0. The molecule has 1 saturated carbocycles. The van der Waals surface area contributed by atoms with E-state index in [4.69, 9.17) is 0 Å². The molecule has 0 saturated heterocycles. The second kappa shape index (κ2) is 7.30. The van der Waals surface area contributed by atoms with Crippen LogP contribution in [0.25, 0.3) is 17.0 Å². The quantitative estimate of drug-likeness (QED) is 0.759. The number of carbonyl (C=O) groups is 1. The molecule has 140 valence electrons. The minimum Gasteiger partial charge on any atom is -0.352 e. The fourth-order valence-electron chi connectivity index (χ4n) is 3.61. The Hall–Kier alpha value is -3.03. The maximum Gasteiger partial charge on any atom is 0.352 e. The second-order valence-electron chi connectivity index (χ2n) is 6.94. The van der Waals surface area contributed by atoms with Crippen molar-refractivity contribution in [3.63, 3.8) is 0 Å². The van der Waals surface area contributed by atoms with Gasteiger partial charge in [-0.15, -0.1) is 5.10 Å². The van der Waals surface area contributed by atoms with Gasteiger partial charge in [-0.3, -0.25) is 9.78 Å². The maximum atomic E-state index is 12.7. The van der Waals surface area contributed by atoms with E-state index in [9.17, 15) is 9.59 Å². The summed E-state index contributed by atoms with van der Waals surface area (Å²) in [6.45, 7) is 1.66. The molecular formula is C19H22N6O2. The van der Waals surface area contributed by atoms with Crippen LogP contribution in [0, 0.1) is 6.92 Å². The number of aryl methyl sites for hydroxylation is 1. The number of amides is 1. The Bertz CT molecular complexity index is 1020. The topological polar surface area (TPSA) is 94.2 Å². The molecule has 1 aliphatic rings. The van der Waals surface area contributed by atoms with Gasteiger partial charge in [-0.25, -0.2) is 18.9 Å². The summed E-state index contributed by atoms with van der Waals surface area (Å²) < 4.78 is 2.62. The largest absolute Gasteiger partial charge is 0.352 e. The van der Waals surface area contributed by atoms with Crippen LogP contribution in [0.2, 0.25) is 0 Å². The van der Waals surface area contributed by atoms with Gasteiger partial charge in [0.25, 0.3) is 0 Å². The molecule has 3 aromatic heterocycles. The number of hydrogen-bond acceptors (Lipinski definition) is 5. The first kappa shape index (κ1) is 17.4. The third kappa shape index (κ3) is 3.60. The molecule has 0 aromatic carbocycles. The van der Waals surface area contributed by atoms with Crippen LogP contribution >= 0.6 is 0 Å². The van der Waals surface area contributed by atoms with Crippen LogP contribution in [0.1, 0.15) is 37.9 Å². The molecule has 0 bridgehead atoms. The molecule has 3 aromatic rings. The number of carbonyl (C=O) groups excluding carboxylic acids is 1. The molecule has 1 fully saturated rings. The summed E-state index contributed by atoms with van der Waals surface area (Å²) in [5.74, 6) is 0.333. The van der Waals surface area contributed by atoms with Gasteiger partial charge in [0.2, 0.25) is 5.91 Å². The van der Waals surface area contributed by atoms with Gasteiger partial charge in [-0.1, -0.05) is 25.3 Å². The average Bonchev–Trinajstić information content (AvgIpc) is 2.99. The van der Waals surface area contributed by atoms with E-state index in [0.717, 1.165) is 25.7 Å². The van der Waals surface area contributed by atoms with Gasteiger partial charge in [0, 0.05) is 18.3 Å². The first-order chi connectivity index (χ1) is 13.1. The fourth-order valence-corrected chi connectivity index (χ4v) is 3.61. The Kier molecular flexibility index (Phi) is 4.70. The number of nitrogens with zero attached hydrogens (tertiary/aromatic N) is 5. The summed E-state index contributed by atoms with van der Waals surface area (Å²) in [5.41, 5.74) is 1.45. The van der Waals surface area contributed by atoms with Crippen molar-refractivity contribution in [3.8, 4) is 11.4 Å². The van der Waals surface area contributed by atoms with E-state index in [2.05, 4.69) is 20.4 Å². The maximum absolute atomic E-state index is 12.7. The lowest BCUT2D eigenvalue weighted by Crippen LogP contribution is -2.40. The van der Waals surface area contributed by atoms with Gasteiger partial charge in [0.1, 0.15) is 12.4 Å². The first-order valence-corrected chi connectivity index (χ1v) is 9.30. The van der Waals surface area contributed by atoms with E-state index in [-0.39, 0.29) is 24.2 Å². The van der Waals surface area contributed by atoms with Gasteiger partial charge in [-0.05, 0) is 31.9 Å². The van der Waals surface area contributed by atoms with Crippen molar-refractivity contribution in [1.29, 1.82) is 0 Å². The van der Waals surface area contributed by atoms with Crippen molar-refractivity contribution in [2.75, 3.05) is 0 Å². The Morgan fingerprint density at radius 3 is 2.78 bits per heavy atom. The van der Waals surface area contributed by atoms with Crippen molar-refractivity contribution in [2.24, 2.45) is 0 Å². The smallest absolute Gasteiger partial charge is 0.352 e. The lowest BCUT2D eigenvalue weighted by Gasteiger charge is -2.22. The van der Waals surface area contributed by atoms with E-state index in [1.165, 1.54) is 15.5 Å². The molecule has 0 unspecified atom stereocenters. The van der Waals surface area contributed by atoms with E-state index in [0.29, 0.717) is 22.9 Å². The lowest BCUT2D eigenvalue weighted by molar-refractivity contribution is -0.122. The van der Waals surface area contributed by atoms with Gasteiger partial charge < -0.3 is 5.32 Å². The van der Waals surface area contributed by atoms with Gasteiger partial charge in [0.05, 0.1) is 11.4 Å². The van der Waals surface area contributed by atoms with Crippen LogP contribution in [0.4, 0.5) is 0 Å². The molecule has 0 aliphatic heterocycles. The van der Waals surface area contributed by atoms with Crippen LogP contribution in [-0.4, -0.2) is 36.1 Å². The summed E-state index contributed by atoms with van der Waals surface area (Å²) in [7, 11) is 0. The molecule has 1 aliphatic carbocycles. The SMILES string of the molecule is Cc1nc(-c2ccccn2)cc2nn(CC(=O)NC3CCCCC3)c(=O)n12. The molecule has 3 heterocycles. The highest BCUT2D eigenvalue weighted by Crippen LogP contribution is 2.17.